The maximum absolute atomic E-state index is 9.43. The summed E-state index contributed by atoms with van der Waals surface area (Å²) < 4.78 is 8.20. The molecule has 4 nitrogen and oxygen atoms in total. The molecule has 0 saturated carbocycles. The van der Waals surface area contributed by atoms with Crippen LogP contribution in [0.25, 0.3) is 0 Å². The number of ether oxygens (including phenoxy) is 1. The van der Waals surface area contributed by atoms with Crippen molar-refractivity contribution in [1.82, 2.24) is 9.78 Å². The molecule has 1 aromatic heterocycles. The van der Waals surface area contributed by atoms with Gasteiger partial charge >= 0.3 is 0 Å². The van der Waals surface area contributed by atoms with Crippen LogP contribution in [-0.4, -0.2) is 38.6 Å². The molecule has 0 amide bonds. The monoisotopic (exact) mass is 282 g/mol. The predicted octanol–water partition coefficient (Wildman–Crippen LogP) is 2.22. The topological polar surface area (TPSA) is 47.3 Å². The van der Waals surface area contributed by atoms with Gasteiger partial charge in [-0.25, -0.2) is 0 Å². The first-order chi connectivity index (χ1) is 9.15. The molecule has 2 aliphatic heterocycles. The SMILES string of the molecule is Cc1nn(C2CCOC3(CCSC3)C2)c(C)c1CO. The van der Waals surface area contributed by atoms with Gasteiger partial charge in [0.25, 0.3) is 0 Å². The van der Waals surface area contributed by atoms with Crippen LogP contribution in [0.15, 0.2) is 0 Å². The molecule has 1 N–H and O–H groups in total. The van der Waals surface area contributed by atoms with Crippen molar-refractivity contribution in [2.75, 3.05) is 18.1 Å². The lowest BCUT2D eigenvalue weighted by molar-refractivity contribution is -0.0781. The van der Waals surface area contributed by atoms with E-state index in [9.17, 15) is 5.11 Å². The molecule has 2 aliphatic rings. The van der Waals surface area contributed by atoms with E-state index in [0.717, 1.165) is 42.2 Å². The van der Waals surface area contributed by atoms with Gasteiger partial charge in [0.2, 0.25) is 0 Å². The van der Waals surface area contributed by atoms with Crippen LogP contribution in [0.2, 0.25) is 0 Å². The third kappa shape index (κ3) is 2.32. The van der Waals surface area contributed by atoms with E-state index in [2.05, 4.69) is 16.7 Å². The fourth-order valence-electron chi connectivity index (χ4n) is 3.36. The first kappa shape index (κ1) is 13.5. The van der Waals surface area contributed by atoms with Gasteiger partial charge in [-0.3, -0.25) is 4.68 Å². The highest BCUT2D eigenvalue weighted by molar-refractivity contribution is 7.99. The Kier molecular flexibility index (Phi) is 3.62. The summed E-state index contributed by atoms with van der Waals surface area (Å²) in [5.41, 5.74) is 3.15. The van der Waals surface area contributed by atoms with Crippen LogP contribution < -0.4 is 0 Å². The average molecular weight is 282 g/mol. The Hall–Kier alpha value is -0.520. The van der Waals surface area contributed by atoms with Gasteiger partial charge in [-0.2, -0.15) is 16.9 Å². The second-order valence-corrected chi connectivity index (χ2v) is 6.84. The Balaban J connectivity index is 1.85. The summed E-state index contributed by atoms with van der Waals surface area (Å²) in [4.78, 5) is 0. The Bertz CT molecular complexity index is 466. The van der Waals surface area contributed by atoms with Gasteiger partial charge in [0.15, 0.2) is 0 Å². The number of aryl methyl sites for hydroxylation is 1. The van der Waals surface area contributed by atoms with Crippen LogP contribution >= 0.6 is 11.8 Å². The molecule has 3 rings (SSSR count). The van der Waals surface area contributed by atoms with Crippen LogP contribution in [-0.2, 0) is 11.3 Å². The molecular formula is C14H22N2O2S. The standard InChI is InChI=1S/C14H22N2O2S/c1-10-13(8-17)11(2)16(15-10)12-3-5-18-14(7-12)4-6-19-9-14/h12,17H,3-9H2,1-2H3. The second kappa shape index (κ2) is 5.11. The number of hydrogen-bond donors (Lipinski definition) is 1. The van der Waals surface area contributed by atoms with Gasteiger partial charge in [0, 0.05) is 23.6 Å². The third-order valence-electron chi connectivity index (χ3n) is 4.51. The molecule has 19 heavy (non-hydrogen) atoms. The average Bonchev–Trinajstić information content (AvgIpc) is 2.95. The summed E-state index contributed by atoms with van der Waals surface area (Å²) in [6.07, 6.45) is 3.26. The molecule has 1 aromatic rings. The van der Waals surface area contributed by atoms with E-state index in [-0.39, 0.29) is 12.2 Å². The number of rotatable bonds is 2. The van der Waals surface area contributed by atoms with Crippen LogP contribution in [0, 0.1) is 13.8 Å². The van der Waals surface area contributed by atoms with Crippen molar-refractivity contribution in [3.8, 4) is 0 Å². The lowest BCUT2D eigenvalue weighted by Crippen LogP contribution is -2.41. The van der Waals surface area contributed by atoms with Crippen LogP contribution in [0.3, 0.4) is 0 Å². The van der Waals surface area contributed by atoms with E-state index in [1.54, 1.807) is 0 Å². The van der Waals surface area contributed by atoms with Crippen molar-refractivity contribution in [3.05, 3.63) is 17.0 Å². The maximum Gasteiger partial charge on any atom is 0.0800 e. The van der Waals surface area contributed by atoms with Gasteiger partial charge < -0.3 is 9.84 Å². The Morgan fingerprint density at radius 1 is 1.53 bits per heavy atom. The molecule has 106 valence electrons. The number of aliphatic hydroxyl groups is 1. The highest BCUT2D eigenvalue weighted by Crippen LogP contribution is 2.42. The van der Waals surface area contributed by atoms with Crippen molar-refractivity contribution in [2.24, 2.45) is 0 Å². The molecule has 0 radical (unpaired) electrons. The fraction of sp³-hybridized carbons (Fsp3) is 0.786. The number of nitrogens with zero attached hydrogens (tertiary/aromatic N) is 2. The summed E-state index contributed by atoms with van der Waals surface area (Å²) >= 11 is 2.00. The third-order valence-corrected chi connectivity index (χ3v) is 5.74. The fourth-order valence-corrected chi connectivity index (χ4v) is 4.73. The van der Waals surface area contributed by atoms with Crippen molar-refractivity contribution in [2.45, 2.75) is 51.4 Å². The molecule has 2 unspecified atom stereocenters. The van der Waals surface area contributed by atoms with Gasteiger partial charge in [0.1, 0.15) is 0 Å². The van der Waals surface area contributed by atoms with Crippen molar-refractivity contribution in [3.63, 3.8) is 0 Å². The molecule has 2 fully saturated rings. The highest BCUT2D eigenvalue weighted by atomic mass is 32.2. The van der Waals surface area contributed by atoms with Crippen LogP contribution in [0.5, 0.6) is 0 Å². The molecule has 2 atom stereocenters. The Labute approximate surface area is 118 Å². The van der Waals surface area contributed by atoms with E-state index < -0.39 is 0 Å². The Morgan fingerprint density at radius 3 is 3.00 bits per heavy atom. The zero-order chi connectivity index (χ0) is 13.5. The molecule has 5 heteroatoms. The minimum absolute atomic E-state index is 0.0826. The van der Waals surface area contributed by atoms with Crippen LogP contribution in [0.1, 0.15) is 42.3 Å². The summed E-state index contributed by atoms with van der Waals surface area (Å²) in [6, 6.07) is 0.423. The van der Waals surface area contributed by atoms with E-state index in [1.807, 2.05) is 18.7 Å². The minimum Gasteiger partial charge on any atom is -0.392 e. The predicted molar refractivity (Wildman–Crippen MR) is 76.5 cm³/mol. The number of thioether (sulfide) groups is 1. The zero-order valence-electron chi connectivity index (χ0n) is 11.7. The number of aliphatic hydroxyl groups excluding tert-OH is 1. The minimum atomic E-state index is 0.0826. The van der Waals surface area contributed by atoms with E-state index >= 15 is 0 Å². The van der Waals surface area contributed by atoms with Gasteiger partial charge in [-0.15, -0.1) is 0 Å². The summed E-state index contributed by atoms with van der Waals surface area (Å²) in [5.74, 6) is 2.33. The number of aromatic nitrogens is 2. The van der Waals surface area contributed by atoms with Crippen molar-refractivity contribution >= 4 is 11.8 Å². The first-order valence-electron chi connectivity index (χ1n) is 7.02. The molecular weight excluding hydrogens is 260 g/mol. The lowest BCUT2D eigenvalue weighted by Gasteiger charge is -2.38. The maximum atomic E-state index is 9.43. The van der Waals surface area contributed by atoms with E-state index in [0.29, 0.717) is 6.04 Å². The zero-order valence-corrected chi connectivity index (χ0v) is 12.5. The quantitative estimate of drug-likeness (QED) is 0.903. The normalized spacial score (nSPS) is 31.2. The van der Waals surface area contributed by atoms with Gasteiger partial charge in [0.05, 0.1) is 23.9 Å². The molecule has 0 aliphatic carbocycles. The molecule has 3 heterocycles. The summed E-state index contributed by atoms with van der Waals surface area (Å²) in [5, 5.41) is 14.1. The van der Waals surface area contributed by atoms with E-state index in [4.69, 9.17) is 4.74 Å². The second-order valence-electron chi connectivity index (χ2n) is 5.73. The van der Waals surface area contributed by atoms with Crippen molar-refractivity contribution < 1.29 is 9.84 Å². The largest absolute Gasteiger partial charge is 0.392 e. The lowest BCUT2D eigenvalue weighted by atomic mass is 9.90. The smallest absolute Gasteiger partial charge is 0.0800 e. The van der Waals surface area contributed by atoms with E-state index in [1.165, 1.54) is 12.2 Å². The molecule has 2 saturated heterocycles. The van der Waals surface area contributed by atoms with Gasteiger partial charge in [-0.05, 0) is 38.9 Å². The first-order valence-corrected chi connectivity index (χ1v) is 8.18. The number of hydrogen-bond acceptors (Lipinski definition) is 4. The Morgan fingerprint density at radius 2 is 2.37 bits per heavy atom. The molecule has 1 spiro atoms. The van der Waals surface area contributed by atoms with Crippen molar-refractivity contribution in [1.29, 1.82) is 0 Å². The molecule has 0 bridgehead atoms. The van der Waals surface area contributed by atoms with Gasteiger partial charge in [-0.1, -0.05) is 0 Å². The summed E-state index contributed by atoms with van der Waals surface area (Å²) in [7, 11) is 0. The summed E-state index contributed by atoms with van der Waals surface area (Å²) in [6.45, 7) is 4.96. The molecule has 0 aromatic carbocycles. The van der Waals surface area contributed by atoms with Crippen LogP contribution in [0.4, 0.5) is 0 Å². The highest BCUT2D eigenvalue weighted by Gasteiger charge is 2.41.